The lowest BCUT2D eigenvalue weighted by atomic mass is 10.0. The van der Waals surface area contributed by atoms with Gasteiger partial charge in [-0.2, -0.15) is 0 Å². The van der Waals surface area contributed by atoms with E-state index in [0.717, 1.165) is 24.8 Å². The maximum atomic E-state index is 12.5. The molecule has 0 spiro atoms. The van der Waals surface area contributed by atoms with Crippen LogP contribution in [0.4, 0.5) is 5.69 Å². The van der Waals surface area contributed by atoms with Crippen molar-refractivity contribution in [2.75, 3.05) is 5.73 Å². The van der Waals surface area contributed by atoms with E-state index in [4.69, 9.17) is 5.73 Å². The molecule has 1 aromatic rings. The molecule has 0 amide bonds. The highest BCUT2D eigenvalue weighted by Gasteiger charge is 2.23. The van der Waals surface area contributed by atoms with Crippen LogP contribution in [0.5, 0.6) is 0 Å². The molecule has 0 aliphatic rings. The van der Waals surface area contributed by atoms with Gasteiger partial charge in [-0.1, -0.05) is 38.8 Å². The standard InChI is InChI=1S/C16H28N2O2S/c1-11(2)7-6-8-14(5)18-21(19,20)16-13(4)10-9-12(3)15(16)17/h9-11,14,18H,6-8,17H2,1-5H3. The fourth-order valence-electron chi connectivity index (χ4n) is 2.38. The largest absolute Gasteiger partial charge is 0.397 e. The number of hydrogen-bond donors (Lipinski definition) is 2. The van der Waals surface area contributed by atoms with Gasteiger partial charge in [-0.25, -0.2) is 13.1 Å². The predicted octanol–water partition coefficient (Wildman–Crippen LogP) is 3.38. The molecule has 1 atom stereocenters. The van der Waals surface area contributed by atoms with E-state index < -0.39 is 10.0 Å². The Morgan fingerprint density at radius 1 is 1.10 bits per heavy atom. The molecule has 1 aromatic carbocycles. The molecule has 0 bridgehead atoms. The second-order valence-corrected chi connectivity index (χ2v) is 7.94. The first-order valence-corrected chi connectivity index (χ1v) is 9.01. The van der Waals surface area contributed by atoms with Gasteiger partial charge in [0.05, 0.1) is 5.69 Å². The summed E-state index contributed by atoms with van der Waals surface area (Å²) in [5.41, 5.74) is 7.78. The summed E-state index contributed by atoms with van der Waals surface area (Å²) in [6.07, 6.45) is 2.96. The third kappa shape index (κ3) is 5.00. The Bertz CT molecular complexity index is 580. The van der Waals surface area contributed by atoms with Crippen LogP contribution in [0.25, 0.3) is 0 Å². The van der Waals surface area contributed by atoms with Crippen molar-refractivity contribution in [3.05, 3.63) is 23.3 Å². The van der Waals surface area contributed by atoms with Crippen molar-refractivity contribution in [2.24, 2.45) is 5.92 Å². The average molecular weight is 312 g/mol. The van der Waals surface area contributed by atoms with Crippen molar-refractivity contribution in [3.63, 3.8) is 0 Å². The van der Waals surface area contributed by atoms with Crippen LogP contribution in [0.1, 0.15) is 51.2 Å². The van der Waals surface area contributed by atoms with Gasteiger partial charge in [0, 0.05) is 6.04 Å². The highest BCUT2D eigenvalue weighted by Crippen LogP contribution is 2.26. The summed E-state index contributed by atoms with van der Waals surface area (Å²) in [5.74, 6) is 0.642. The van der Waals surface area contributed by atoms with Crippen LogP contribution in [-0.4, -0.2) is 14.5 Å². The maximum absolute atomic E-state index is 12.5. The molecule has 4 nitrogen and oxygen atoms in total. The monoisotopic (exact) mass is 312 g/mol. The van der Waals surface area contributed by atoms with Crippen molar-refractivity contribution in [1.29, 1.82) is 0 Å². The lowest BCUT2D eigenvalue weighted by Crippen LogP contribution is -2.33. The molecule has 120 valence electrons. The van der Waals surface area contributed by atoms with E-state index in [9.17, 15) is 8.42 Å². The van der Waals surface area contributed by atoms with Gasteiger partial charge in [-0.15, -0.1) is 0 Å². The molecular weight excluding hydrogens is 284 g/mol. The summed E-state index contributed by atoms with van der Waals surface area (Å²) in [5, 5.41) is 0. The molecule has 0 saturated heterocycles. The molecule has 1 unspecified atom stereocenters. The van der Waals surface area contributed by atoms with Gasteiger partial charge in [0.25, 0.3) is 0 Å². The van der Waals surface area contributed by atoms with Crippen molar-refractivity contribution in [1.82, 2.24) is 4.72 Å². The molecule has 3 N–H and O–H groups in total. The first kappa shape index (κ1) is 18.0. The summed E-state index contributed by atoms with van der Waals surface area (Å²) >= 11 is 0. The zero-order valence-electron chi connectivity index (χ0n) is 13.7. The number of hydrogen-bond acceptors (Lipinski definition) is 3. The second-order valence-electron chi connectivity index (χ2n) is 6.29. The zero-order valence-corrected chi connectivity index (χ0v) is 14.5. The molecule has 21 heavy (non-hydrogen) atoms. The van der Waals surface area contributed by atoms with Crippen molar-refractivity contribution < 1.29 is 8.42 Å². The summed E-state index contributed by atoms with van der Waals surface area (Å²) in [6.45, 7) is 9.84. The van der Waals surface area contributed by atoms with Gasteiger partial charge in [0.2, 0.25) is 10.0 Å². The number of anilines is 1. The molecule has 0 aliphatic heterocycles. The van der Waals surface area contributed by atoms with Crippen LogP contribution in [0.2, 0.25) is 0 Å². The van der Waals surface area contributed by atoms with Crippen molar-refractivity contribution >= 4 is 15.7 Å². The van der Waals surface area contributed by atoms with Gasteiger partial charge in [-0.05, 0) is 44.2 Å². The smallest absolute Gasteiger partial charge is 0.243 e. The van der Waals surface area contributed by atoms with Gasteiger partial charge in [0.1, 0.15) is 4.90 Å². The Kier molecular flexibility index (Phi) is 6.23. The molecular formula is C16H28N2O2S. The second kappa shape index (κ2) is 7.27. The van der Waals surface area contributed by atoms with E-state index in [0.29, 0.717) is 17.2 Å². The van der Waals surface area contributed by atoms with E-state index in [1.165, 1.54) is 0 Å². The lowest BCUT2D eigenvalue weighted by Gasteiger charge is -2.18. The van der Waals surface area contributed by atoms with Gasteiger partial charge < -0.3 is 5.73 Å². The quantitative estimate of drug-likeness (QED) is 0.758. The third-order valence-corrected chi connectivity index (χ3v) is 5.45. The minimum atomic E-state index is -3.57. The average Bonchev–Trinajstić information content (AvgIpc) is 2.32. The molecule has 1 rings (SSSR count). The lowest BCUT2D eigenvalue weighted by molar-refractivity contribution is 0.488. The molecule has 0 aliphatic carbocycles. The van der Waals surface area contributed by atoms with Crippen LogP contribution in [0.3, 0.4) is 0 Å². The van der Waals surface area contributed by atoms with Crippen LogP contribution in [-0.2, 0) is 10.0 Å². The molecule has 0 fully saturated rings. The number of nitrogen functional groups attached to an aromatic ring is 1. The van der Waals surface area contributed by atoms with Gasteiger partial charge in [0.15, 0.2) is 0 Å². The third-order valence-electron chi connectivity index (χ3n) is 3.65. The topological polar surface area (TPSA) is 72.2 Å². The number of nitrogens with two attached hydrogens (primary N) is 1. The zero-order chi connectivity index (χ0) is 16.2. The predicted molar refractivity (Wildman–Crippen MR) is 88.8 cm³/mol. The normalized spacial score (nSPS) is 13.6. The maximum Gasteiger partial charge on any atom is 0.243 e. The minimum Gasteiger partial charge on any atom is -0.397 e. The molecule has 0 heterocycles. The van der Waals surface area contributed by atoms with Gasteiger partial charge in [-0.3, -0.25) is 0 Å². The summed E-state index contributed by atoms with van der Waals surface area (Å²) in [6, 6.07) is 3.55. The molecule has 5 heteroatoms. The van der Waals surface area contributed by atoms with Crippen molar-refractivity contribution in [3.8, 4) is 0 Å². The Labute approximate surface area is 129 Å². The molecule has 0 saturated carbocycles. The fraction of sp³-hybridized carbons (Fsp3) is 0.625. The van der Waals surface area contributed by atoms with Crippen LogP contribution >= 0.6 is 0 Å². The van der Waals surface area contributed by atoms with E-state index in [-0.39, 0.29) is 10.9 Å². The fourth-order valence-corrected chi connectivity index (χ4v) is 4.09. The number of benzene rings is 1. The van der Waals surface area contributed by atoms with Crippen LogP contribution in [0, 0.1) is 19.8 Å². The first-order valence-electron chi connectivity index (χ1n) is 7.53. The highest BCUT2D eigenvalue weighted by molar-refractivity contribution is 7.89. The summed E-state index contributed by atoms with van der Waals surface area (Å²) in [4.78, 5) is 0.221. The van der Waals surface area contributed by atoms with E-state index in [1.807, 2.05) is 19.9 Å². The highest BCUT2D eigenvalue weighted by atomic mass is 32.2. The van der Waals surface area contributed by atoms with E-state index >= 15 is 0 Å². The minimum absolute atomic E-state index is 0.0898. The number of nitrogens with one attached hydrogen (secondary N) is 1. The van der Waals surface area contributed by atoms with Crippen LogP contribution < -0.4 is 10.5 Å². The summed E-state index contributed by atoms with van der Waals surface area (Å²) in [7, 11) is -3.57. The molecule has 0 aromatic heterocycles. The number of rotatable bonds is 7. The van der Waals surface area contributed by atoms with Gasteiger partial charge >= 0.3 is 0 Å². The SMILES string of the molecule is Cc1ccc(C)c(S(=O)(=O)NC(C)CCCC(C)C)c1N. The summed E-state index contributed by atoms with van der Waals surface area (Å²) < 4.78 is 27.8. The Morgan fingerprint density at radius 3 is 2.24 bits per heavy atom. The number of aryl methyl sites for hydroxylation is 2. The van der Waals surface area contributed by atoms with Crippen LogP contribution in [0.15, 0.2) is 17.0 Å². The molecule has 0 radical (unpaired) electrons. The van der Waals surface area contributed by atoms with Crippen molar-refractivity contribution in [2.45, 2.75) is 64.8 Å². The Hall–Kier alpha value is -1.07. The number of sulfonamides is 1. The van der Waals surface area contributed by atoms with E-state index in [2.05, 4.69) is 18.6 Å². The van der Waals surface area contributed by atoms with E-state index in [1.54, 1.807) is 13.0 Å². The first-order chi connectivity index (χ1) is 9.65. The Balaban J connectivity index is 2.85. The Morgan fingerprint density at radius 2 is 1.67 bits per heavy atom.